The van der Waals surface area contributed by atoms with Gasteiger partial charge >= 0.3 is 6.18 Å². The molecule has 1 fully saturated rings. The van der Waals surface area contributed by atoms with Crippen molar-refractivity contribution < 1.29 is 18.0 Å². The van der Waals surface area contributed by atoms with E-state index in [0.717, 1.165) is 24.6 Å². The summed E-state index contributed by atoms with van der Waals surface area (Å²) in [6.45, 7) is 0.864. The highest BCUT2D eigenvalue weighted by Crippen LogP contribution is 2.33. The van der Waals surface area contributed by atoms with E-state index in [1.807, 2.05) is 6.07 Å². The van der Waals surface area contributed by atoms with Gasteiger partial charge in [0.25, 0.3) is 5.91 Å². The number of nitrogens with one attached hydrogen (secondary N) is 1. The molecular weight excluding hydrogens is 307 g/mol. The Balaban J connectivity index is 1.83. The predicted octanol–water partition coefficient (Wildman–Crippen LogP) is 3.45. The molecule has 0 spiro atoms. The van der Waals surface area contributed by atoms with Crippen LogP contribution in [0.5, 0.6) is 0 Å². The molecule has 2 aromatic rings. The van der Waals surface area contributed by atoms with E-state index >= 15 is 0 Å². The summed E-state index contributed by atoms with van der Waals surface area (Å²) in [5.41, 5.74) is -0.259. The van der Waals surface area contributed by atoms with Crippen molar-refractivity contribution in [2.75, 3.05) is 13.1 Å². The summed E-state index contributed by atoms with van der Waals surface area (Å²) in [4.78, 5) is 14.1. The summed E-state index contributed by atoms with van der Waals surface area (Å²) >= 11 is 0. The highest BCUT2D eigenvalue weighted by Gasteiger charge is 2.36. The summed E-state index contributed by atoms with van der Waals surface area (Å²) in [5, 5.41) is 6.77. The number of carbonyl (C=O) groups is 1. The van der Waals surface area contributed by atoms with Crippen LogP contribution in [0, 0.1) is 0 Å². The van der Waals surface area contributed by atoms with Gasteiger partial charge in [0.15, 0.2) is 0 Å². The molecule has 3 rings (SSSR count). The Morgan fingerprint density at radius 2 is 2.04 bits per heavy atom. The Kier molecular flexibility index (Phi) is 4.11. The maximum atomic E-state index is 13.1. The number of carbonyl (C=O) groups excluding carboxylic acids is 1. The average Bonchev–Trinajstić information content (AvgIpc) is 3.08. The molecule has 1 N–H and O–H groups in total. The zero-order valence-electron chi connectivity index (χ0n) is 12.3. The molecule has 1 saturated heterocycles. The molecule has 1 aliphatic rings. The van der Waals surface area contributed by atoms with Crippen LogP contribution in [-0.2, 0) is 6.18 Å². The van der Waals surface area contributed by atoms with Crippen molar-refractivity contribution in [3.63, 3.8) is 0 Å². The second-order valence-corrected chi connectivity index (χ2v) is 5.65. The molecule has 0 saturated carbocycles. The molecule has 1 aliphatic heterocycles. The number of hydrogen-bond donors (Lipinski definition) is 1. The van der Waals surface area contributed by atoms with Gasteiger partial charge in [-0.15, -0.1) is 0 Å². The number of piperidine rings is 1. The summed E-state index contributed by atoms with van der Waals surface area (Å²) in [5.74, 6) is -0.490. The molecule has 1 aromatic carbocycles. The minimum absolute atomic E-state index is 0.0771. The van der Waals surface area contributed by atoms with Crippen LogP contribution in [0.4, 0.5) is 13.2 Å². The number of H-pyrrole nitrogens is 1. The first kappa shape index (κ1) is 15.6. The number of alkyl halides is 3. The summed E-state index contributed by atoms with van der Waals surface area (Å²) in [6.07, 6.45) is -1.27. The van der Waals surface area contributed by atoms with Crippen molar-refractivity contribution in [1.29, 1.82) is 0 Å². The number of benzene rings is 1. The zero-order chi connectivity index (χ0) is 16.4. The molecule has 1 aromatic heterocycles. The molecular formula is C16H16F3N3O. The van der Waals surface area contributed by atoms with Crippen molar-refractivity contribution in [3.05, 3.63) is 53.3 Å². The molecule has 4 nitrogen and oxygen atoms in total. The first-order valence-electron chi connectivity index (χ1n) is 7.41. The molecule has 7 heteroatoms. The largest absolute Gasteiger partial charge is 0.417 e. The fourth-order valence-corrected chi connectivity index (χ4v) is 3.00. The highest BCUT2D eigenvalue weighted by atomic mass is 19.4. The summed E-state index contributed by atoms with van der Waals surface area (Å²) < 4.78 is 39.3. The van der Waals surface area contributed by atoms with E-state index in [-0.39, 0.29) is 11.5 Å². The molecule has 1 amide bonds. The first-order valence-corrected chi connectivity index (χ1v) is 7.41. The SMILES string of the molecule is O=C(c1ccccc1C(F)(F)F)N1CCC[C@@H](c2ccn[nH]2)C1. The maximum absolute atomic E-state index is 13.1. The Labute approximate surface area is 131 Å². The van der Waals surface area contributed by atoms with Crippen LogP contribution < -0.4 is 0 Å². The van der Waals surface area contributed by atoms with Crippen LogP contribution in [-0.4, -0.2) is 34.1 Å². The van der Waals surface area contributed by atoms with Crippen molar-refractivity contribution in [2.45, 2.75) is 24.9 Å². The fourth-order valence-electron chi connectivity index (χ4n) is 3.00. The highest BCUT2D eigenvalue weighted by molar-refractivity contribution is 5.96. The number of hydrogen-bond acceptors (Lipinski definition) is 2. The van der Waals surface area contributed by atoms with Crippen LogP contribution in [0.15, 0.2) is 36.5 Å². The van der Waals surface area contributed by atoms with E-state index < -0.39 is 17.6 Å². The minimum Gasteiger partial charge on any atom is -0.338 e. The molecule has 0 bridgehead atoms. The van der Waals surface area contributed by atoms with Gasteiger partial charge in [-0.2, -0.15) is 18.3 Å². The quantitative estimate of drug-likeness (QED) is 0.920. The topological polar surface area (TPSA) is 49.0 Å². The smallest absolute Gasteiger partial charge is 0.338 e. The maximum Gasteiger partial charge on any atom is 0.417 e. The molecule has 0 radical (unpaired) electrons. The average molecular weight is 323 g/mol. The Bertz CT molecular complexity index is 682. The third kappa shape index (κ3) is 3.23. The van der Waals surface area contributed by atoms with Crippen LogP contribution in [0.2, 0.25) is 0 Å². The Morgan fingerprint density at radius 3 is 2.74 bits per heavy atom. The number of rotatable bonds is 2. The van der Waals surface area contributed by atoms with Crippen LogP contribution >= 0.6 is 0 Å². The van der Waals surface area contributed by atoms with Crippen LogP contribution in [0.25, 0.3) is 0 Å². The van der Waals surface area contributed by atoms with E-state index in [1.54, 1.807) is 6.20 Å². The number of likely N-dealkylation sites (tertiary alicyclic amines) is 1. The third-order valence-corrected chi connectivity index (χ3v) is 4.13. The van der Waals surface area contributed by atoms with Gasteiger partial charge in [0, 0.05) is 30.9 Å². The van der Waals surface area contributed by atoms with Gasteiger partial charge in [-0.1, -0.05) is 12.1 Å². The van der Waals surface area contributed by atoms with Gasteiger partial charge in [0.2, 0.25) is 0 Å². The molecule has 23 heavy (non-hydrogen) atoms. The first-order chi connectivity index (χ1) is 11.0. The van der Waals surface area contributed by atoms with Gasteiger partial charge in [0.05, 0.1) is 11.1 Å². The lowest BCUT2D eigenvalue weighted by Crippen LogP contribution is -2.40. The van der Waals surface area contributed by atoms with E-state index in [1.165, 1.54) is 23.1 Å². The van der Waals surface area contributed by atoms with E-state index in [2.05, 4.69) is 10.2 Å². The molecule has 122 valence electrons. The van der Waals surface area contributed by atoms with Crippen molar-refractivity contribution in [1.82, 2.24) is 15.1 Å². The zero-order valence-corrected chi connectivity index (χ0v) is 12.3. The molecule has 2 heterocycles. The van der Waals surface area contributed by atoms with E-state index in [4.69, 9.17) is 0 Å². The molecule has 0 aliphatic carbocycles. The summed E-state index contributed by atoms with van der Waals surface area (Å²) in [7, 11) is 0. The fraction of sp³-hybridized carbons (Fsp3) is 0.375. The monoisotopic (exact) mass is 323 g/mol. The van der Waals surface area contributed by atoms with Crippen molar-refractivity contribution in [3.8, 4) is 0 Å². The van der Waals surface area contributed by atoms with Gasteiger partial charge in [-0.3, -0.25) is 9.89 Å². The predicted molar refractivity (Wildman–Crippen MR) is 77.9 cm³/mol. The molecule has 1 atom stereocenters. The number of aromatic amines is 1. The second kappa shape index (κ2) is 6.06. The normalized spacial score (nSPS) is 18.9. The summed E-state index contributed by atoms with van der Waals surface area (Å²) in [6, 6.07) is 6.78. The van der Waals surface area contributed by atoms with Gasteiger partial charge in [0.1, 0.15) is 0 Å². The van der Waals surface area contributed by atoms with Gasteiger partial charge in [-0.25, -0.2) is 0 Å². The lowest BCUT2D eigenvalue weighted by molar-refractivity contribution is -0.138. The van der Waals surface area contributed by atoms with Crippen LogP contribution in [0.1, 0.15) is 40.4 Å². The minimum atomic E-state index is -4.54. The van der Waals surface area contributed by atoms with E-state index in [9.17, 15) is 18.0 Å². The third-order valence-electron chi connectivity index (χ3n) is 4.13. The molecule has 0 unspecified atom stereocenters. The van der Waals surface area contributed by atoms with Crippen LogP contribution in [0.3, 0.4) is 0 Å². The van der Waals surface area contributed by atoms with Gasteiger partial charge in [-0.05, 0) is 31.0 Å². The number of halogens is 3. The van der Waals surface area contributed by atoms with Gasteiger partial charge < -0.3 is 4.90 Å². The van der Waals surface area contributed by atoms with Crippen molar-refractivity contribution >= 4 is 5.91 Å². The number of amides is 1. The lowest BCUT2D eigenvalue weighted by atomic mass is 9.94. The Morgan fingerprint density at radius 1 is 1.26 bits per heavy atom. The lowest BCUT2D eigenvalue weighted by Gasteiger charge is -2.32. The van der Waals surface area contributed by atoms with Crippen molar-refractivity contribution in [2.24, 2.45) is 0 Å². The van der Waals surface area contributed by atoms with E-state index in [0.29, 0.717) is 13.1 Å². The number of nitrogens with zero attached hydrogens (tertiary/aromatic N) is 2. The Hall–Kier alpha value is -2.31. The second-order valence-electron chi connectivity index (χ2n) is 5.65. The standard InChI is InChI=1S/C16H16F3N3O/c17-16(18,19)13-6-2-1-5-12(13)15(23)22-9-3-4-11(10-22)14-7-8-20-21-14/h1-2,5-8,11H,3-4,9-10H2,(H,20,21)/t11-/m1/s1. The number of aromatic nitrogens is 2.